The lowest BCUT2D eigenvalue weighted by Gasteiger charge is -2.27. The predicted octanol–water partition coefficient (Wildman–Crippen LogP) is 1.50. The van der Waals surface area contributed by atoms with Crippen molar-refractivity contribution in [3.63, 3.8) is 0 Å². The van der Waals surface area contributed by atoms with Crippen LogP contribution >= 0.6 is 0 Å². The van der Waals surface area contributed by atoms with Gasteiger partial charge in [0.25, 0.3) is 0 Å². The van der Waals surface area contributed by atoms with Gasteiger partial charge in [0.05, 0.1) is 6.07 Å². The molecule has 0 aromatic heterocycles. The Kier molecular flexibility index (Phi) is 2.99. The number of nitrogens with zero attached hydrogens (tertiary/aromatic N) is 2. The van der Waals surface area contributed by atoms with Crippen LogP contribution in [0.5, 0.6) is 0 Å². The third kappa shape index (κ3) is 2.32. The lowest BCUT2D eigenvalue weighted by atomic mass is 9.99. The third-order valence-corrected chi connectivity index (χ3v) is 3.71. The molecule has 2 atom stereocenters. The van der Waals surface area contributed by atoms with E-state index in [4.69, 9.17) is 0 Å². The van der Waals surface area contributed by atoms with E-state index in [9.17, 15) is 5.26 Å². The smallest absolute Gasteiger partial charge is 0.120 e. The molecule has 0 amide bonds. The highest BCUT2D eigenvalue weighted by atomic mass is 15.3. The number of rotatable bonds is 4. The van der Waals surface area contributed by atoms with Gasteiger partial charge in [0.2, 0.25) is 0 Å². The fraction of sp³-hybridized carbons (Fsp3) is 0.917. The Hall–Kier alpha value is -0.590. The first-order valence-corrected chi connectivity index (χ1v) is 6.12. The zero-order chi connectivity index (χ0) is 10.9. The molecular formula is C12H21N3. The molecule has 1 aliphatic heterocycles. The van der Waals surface area contributed by atoms with Crippen LogP contribution in [-0.4, -0.2) is 35.6 Å². The molecule has 1 N–H and O–H groups in total. The molecular weight excluding hydrogens is 186 g/mol. The summed E-state index contributed by atoms with van der Waals surface area (Å²) in [5, 5.41) is 12.8. The van der Waals surface area contributed by atoms with Crippen molar-refractivity contribution in [2.75, 3.05) is 13.1 Å². The molecule has 3 nitrogen and oxygen atoms in total. The van der Waals surface area contributed by atoms with Crippen LogP contribution in [-0.2, 0) is 0 Å². The number of nitriles is 1. The number of hydrogen-bond acceptors (Lipinski definition) is 3. The Bertz CT molecular complexity index is 267. The van der Waals surface area contributed by atoms with Gasteiger partial charge in [-0.3, -0.25) is 10.2 Å². The van der Waals surface area contributed by atoms with Gasteiger partial charge < -0.3 is 0 Å². The van der Waals surface area contributed by atoms with Crippen LogP contribution in [0.4, 0.5) is 0 Å². The molecule has 0 bridgehead atoms. The second-order valence-corrected chi connectivity index (χ2v) is 5.10. The molecule has 1 saturated heterocycles. The van der Waals surface area contributed by atoms with Gasteiger partial charge in [-0.2, -0.15) is 5.26 Å². The minimum Gasteiger partial charge on any atom is -0.297 e. The first-order valence-electron chi connectivity index (χ1n) is 6.12. The molecule has 84 valence electrons. The zero-order valence-electron chi connectivity index (χ0n) is 9.79. The molecule has 2 rings (SSSR count). The van der Waals surface area contributed by atoms with E-state index in [0.29, 0.717) is 6.04 Å². The highest BCUT2D eigenvalue weighted by Gasteiger charge is 2.43. The number of hydrogen-bond donors (Lipinski definition) is 1. The van der Waals surface area contributed by atoms with Crippen molar-refractivity contribution in [3.05, 3.63) is 0 Å². The highest BCUT2D eigenvalue weighted by Crippen LogP contribution is 2.33. The minimum atomic E-state index is -0.266. The summed E-state index contributed by atoms with van der Waals surface area (Å²) in [4.78, 5) is 2.48. The molecule has 2 fully saturated rings. The summed E-state index contributed by atoms with van der Waals surface area (Å²) in [5.41, 5.74) is -0.266. The van der Waals surface area contributed by atoms with E-state index in [2.05, 4.69) is 30.1 Å². The van der Waals surface area contributed by atoms with E-state index < -0.39 is 0 Å². The summed E-state index contributed by atoms with van der Waals surface area (Å²) in [6.07, 6.45) is 4.76. The average molecular weight is 207 g/mol. The molecule has 2 unspecified atom stereocenters. The van der Waals surface area contributed by atoms with Crippen LogP contribution in [0.25, 0.3) is 0 Å². The lowest BCUT2D eigenvalue weighted by molar-refractivity contribution is 0.290. The SMILES string of the molecule is CCC(C)NC1(C#N)CCN(C2CC2)C1. The van der Waals surface area contributed by atoms with Gasteiger partial charge in [-0.05, 0) is 32.6 Å². The van der Waals surface area contributed by atoms with Crippen molar-refractivity contribution in [3.8, 4) is 6.07 Å². The minimum absolute atomic E-state index is 0.266. The van der Waals surface area contributed by atoms with Crippen molar-refractivity contribution >= 4 is 0 Å². The third-order valence-electron chi connectivity index (χ3n) is 3.71. The molecule has 3 heteroatoms. The second-order valence-electron chi connectivity index (χ2n) is 5.10. The van der Waals surface area contributed by atoms with Crippen LogP contribution in [0.2, 0.25) is 0 Å². The molecule has 1 aliphatic carbocycles. The molecule has 0 spiro atoms. The van der Waals surface area contributed by atoms with Crippen molar-refractivity contribution in [2.24, 2.45) is 0 Å². The average Bonchev–Trinajstić information content (AvgIpc) is 3.02. The fourth-order valence-electron chi connectivity index (χ4n) is 2.41. The number of likely N-dealkylation sites (tertiary alicyclic amines) is 1. The first kappa shape index (κ1) is 10.9. The fourth-order valence-corrected chi connectivity index (χ4v) is 2.41. The lowest BCUT2D eigenvalue weighted by Crippen LogP contribution is -2.50. The molecule has 1 saturated carbocycles. The summed E-state index contributed by atoms with van der Waals surface area (Å²) in [6, 6.07) is 3.74. The van der Waals surface area contributed by atoms with Gasteiger partial charge >= 0.3 is 0 Å². The van der Waals surface area contributed by atoms with Gasteiger partial charge in [-0.25, -0.2) is 0 Å². The molecule has 0 aromatic carbocycles. The maximum Gasteiger partial charge on any atom is 0.120 e. The van der Waals surface area contributed by atoms with E-state index >= 15 is 0 Å². The van der Waals surface area contributed by atoms with E-state index in [0.717, 1.165) is 32.0 Å². The molecule has 1 heterocycles. The van der Waals surface area contributed by atoms with Gasteiger partial charge in [-0.15, -0.1) is 0 Å². The quantitative estimate of drug-likeness (QED) is 0.759. The monoisotopic (exact) mass is 207 g/mol. The second kappa shape index (κ2) is 4.11. The van der Waals surface area contributed by atoms with Gasteiger partial charge in [0, 0.05) is 25.2 Å². The van der Waals surface area contributed by atoms with E-state index in [1.54, 1.807) is 0 Å². The van der Waals surface area contributed by atoms with Gasteiger partial charge in [-0.1, -0.05) is 6.92 Å². The van der Waals surface area contributed by atoms with Crippen LogP contribution < -0.4 is 5.32 Å². The Balaban J connectivity index is 1.95. The van der Waals surface area contributed by atoms with Crippen molar-refractivity contribution in [1.82, 2.24) is 10.2 Å². The summed E-state index contributed by atoms with van der Waals surface area (Å²) in [6.45, 7) is 6.36. The van der Waals surface area contributed by atoms with Crippen molar-refractivity contribution in [2.45, 2.75) is 57.2 Å². The summed E-state index contributed by atoms with van der Waals surface area (Å²) in [5.74, 6) is 0. The molecule has 2 aliphatic rings. The molecule has 0 aromatic rings. The summed E-state index contributed by atoms with van der Waals surface area (Å²) < 4.78 is 0. The Labute approximate surface area is 92.4 Å². The Morgan fingerprint density at radius 3 is 2.87 bits per heavy atom. The normalized spacial score (nSPS) is 33.9. The van der Waals surface area contributed by atoms with E-state index in [-0.39, 0.29) is 5.54 Å². The predicted molar refractivity (Wildman–Crippen MR) is 60.4 cm³/mol. The van der Waals surface area contributed by atoms with Crippen molar-refractivity contribution in [1.29, 1.82) is 5.26 Å². The van der Waals surface area contributed by atoms with Crippen molar-refractivity contribution < 1.29 is 0 Å². The standard InChI is InChI=1S/C12H21N3/c1-3-10(2)14-12(8-13)6-7-15(9-12)11-4-5-11/h10-11,14H,3-7,9H2,1-2H3. The van der Waals surface area contributed by atoms with Gasteiger partial charge in [0.15, 0.2) is 0 Å². The van der Waals surface area contributed by atoms with Crippen LogP contribution in [0.15, 0.2) is 0 Å². The van der Waals surface area contributed by atoms with Crippen LogP contribution in [0.1, 0.15) is 39.5 Å². The van der Waals surface area contributed by atoms with Gasteiger partial charge in [0.1, 0.15) is 5.54 Å². The Morgan fingerprint density at radius 2 is 2.33 bits per heavy atom. The molecule has 0 radical (unpaired) electrons. The van der Waals surface area contributed by atoms with Crippen LogP contribution in [0.3, 0.4) is 0 Å². The summed E-state index contributed by atoms with van der Waals surface area (Å²) in [7, 11) is 0. The zero-order valence-corrected chi connectivity index (χ0v) is 9.79. The topological polar surface area (TPSA) is 39.1 Å². The maximum absolute atomic E-state index is 9.34. The largest absolute Gasteiger partial charge is 0.297 e. The first-order chi connectivity index (χ1) is 7.19. The highest BCUT2D eigenvalue weighted by molar-refractivity contribution is 5.15. The Morgan fingerprint density at radius 1 is 1.60 bits per heavy atom. The number of nitrogens with one attached hydrogen (secondary N) is 1. The summed E-state index contributed by atoms with van der Waals surface area (Å²) >= 11 is 0. The maximum atomic E-state index is 9.34. The molecule has 15 heavy (non-hydrogen) atoms. The van der Waals surface area contributed by atoms with E-state index in [1.807, 2.05) is 0 Å². The van der Waals surface area contributed by atoms with E-state index in [1.165, 1.54) is 12.8 Å². The van der Waals surface area contributed by atoms with Crippen LogP contribution in [0, 0.1) is 11.3 Å².